The maximum atomic E-state index is 12.1. The lowest BCUT2D eigenvalue weighted by molar-refractivity contribution is -0.135. The van der Waals surface area contributed by atoms with E-state index in [1.807, 2.05) is 13.8 Å². The maximum absolute atomic E-state index is 12.1. The van der Waals surface area contributed by atoms with Crippen LogP contribution in [-0.4, -0.2) is 25.2 Å². The summed E-state index contributed by atoms with van der Waals surface area (Å²) in [5.41, 5.74) is 0. The van der Waals surface area contributed by atoms with Crippen LogP contribution in [0.25, 0.3) is 10.8 Å². The molecule has 0 fully saturated rings. The van der Waals surface area contributed by atoms with Crippen LogP contribution in [0.2, 0.25) is 5.02 Å². The molecule has 1 heterocycles. The highest BCUT2D eigenvalue weighted by Crippen LogP contribution is 2.53. The standard InChI is InChI=1S/C20H21ClO6/c1-3-5-15(22)26-17-13-8-7-12(21)11-14(13)18(27-16(23)6-4-2)20-19(17)24-9-10-25-20/h7-8,11H,3-6,9-10H2,1-2H3. The molecule has 0 saturated heterocycles. The summed E-state index contributed by atoms with van der Waals surface area (Å²) in [4.78, 5) is 24.3. The van der Waals surface area contributed by atoms with E-state index in [0.717, 1.165) is 0 Å². The van der Waals surface area contributed by atoms with Crippen molar-refractivity contribution in [2.45, 2.75) is 39.5 Å². The third kappa shape index (κ3) is 4.11. The largest absolute Gasteiger partial charge is 0.483 e. The van der Waals surface area contributed by atoms with E-state index >= 15 is 0 Å². The molecule has 7 heteroatoms. The first-order valence-corrected chi connectivity index (χ1v) is 9.39. The summed E-state index contributed by atoms with van der Waals surface area (Å²) in [6.07, 6.45) is 1.86. The number of esters is 2. The summed E-state index contributed by atoms with van der Waals surface area (Å²) in [6, 6.07) is 5.04. The third-order valence-corrected chi connectivity index (χ3v) is 4.24. The molecule has 0 amide bonds. The fourth-order valence-corrected chi connectivity index (χ4v) is 3.02. The fourth-order valence-electron chi connectivity index (χ4n) is 2.84. The number of halogens is 1. The van der Waals surface area contributed by atoms with E-state index in [1.165, 1.54) is 0 Å². The van der Waals surface area contributed by atoms with Crippen LogP contribution in [0.5, 0.6) is 23.0 Å². The minimum atomic E-state index is -0.383. The van der Waals surface area contributed by atoms with Crippen LogP contribution < -0.4 is 18.9 Å². The monoisotopic (exact) mass is 392 g/mol. The Balaban J connectivity index is 2.21. The van der Waals surface area contributed by atoms with Gasteiger partial charge >= 0.3 is 11.9 Å². The van der Waals surface area contributed by atoms with Crippen LogP contribution in [-0.2, 0) is 9.59 Å². The summed E-state index contributed by atoms with van der Waals surface area (Å²) in [6.45, 7) is 4.37. The van der Waals surface area contributed by atoms with Crippen molar-refractivity contribution in [3.8, 4) is 23.0 Å². The Morgan fingerprint density at radius 2 is 1.44 bits per heavy atom. The second kappa shape index (κ2) is 8.48. The van der Waals surface area contributed by atoms with Crippen molar-refractivity contribution in [1.29, 1.82) is 0 Å². The molecule has 0 spiro atoms. The molecule has 1 aliphatic heterocycles. The van der Waals surface area contributed by atoms with E-state index in [0.29, 0.717) is 41.9 Å². The van der Waals surface area contributed by atoms with Gasteiger partial charge in [0.05, 0.1) is 0 Å². The molecule has 0 aromatic heterocycles. The van der Waals surface area contributed by atoms with E-state index in [-0.39, 0.29) is 47.8 Å². The predicted octanol–water partition coefficient (Wildman–Crippen LogP) is 4.68. The second-order valence-electron chi connectivity index (χ2n) is 6.15. The Labute approximate surface area is 162 Å². The minimum Gasteiger partial charge on any atom is -0.483 e. The SMILES string of the molecule is CCCC(=O)Oc1c2c(c(OC(=O)CCC)c3cc(Cl)ccc13)OCCO2. The molecule has 2 aromatic rings. The van der Waals surface area contributed by atoms with Gasteiger partial charge in [0, 0.05) is 28.6 Å². The van der Waals surface area contributed by atoms with Gasteiger partial charge in [-0.05, 0) is 31.0 Å². The zero-order chi connectivity index (χ0) is 19.4. The molecule has 0 bridgehead atoms. The van der Waals surface area contributed by atoms with Crippen molar-refractivity contribution < 1.29 is 28.5 Å². The Kier molecular flexibility index (Phi) is 6.06. The number of ether oxygens (including phenoxy) is 4. The number of rotatable bonds is 6. The lowest BCUT2D eigenvalue weighted by Gasteiger charge is -2.24. The lowest BCUT2D eigenvalue weighted by Crippen LogP contribution is -2.19. The molecule has 0 radical (unpaired) electrons. The molecule has 0 saturated carbocycles. The van der Waals surface area contributed by atoms with Crippen molar-refractivity contribution in [1.82, 2.24) is 0 Å². The maximum Gasteiger partial charge on any atom is 0.311 e. The first kappa shape index (κ1) is 19.3. The Morgan fingerprint density at radius 1 is 0.926 bits per heavy atom. The van der Waals surface area contributed by atoms with E-state index in [9.17, 15) is 9.59 Å². The van der Waals surface area contributed by atoms with E-state index in [2.05, 4.69) is 0 Å². The van der Waals surface area contributed by atoms with Gasteiger partial charge in [-0.3, -0.25) is 9.59 Å². The van der Waals surface area contributed by atoms with Crippen LogP contribution >= 0.6 is 11.6 Å². The van der Waals surface area contributed by atoms with Gasteiger partial charge in [-0.1, -0.05) is 25.4 Å². The Morgan fingerprint density at radius 3 is 1.96 bits per heavy atom. The topological polar surface area (TPSA) is 71.1 Å². The molecule has 2 aromatic carbocycles. The van der Waals surface area contributed by atoms with Crippen LogP contribution in [0.3, 0.4) is 0 Å². The van der Waals surface area contributed by atoms with Crippen LogP contribution in [0.15, 0.2) is 18.2 Å². The Bertz CT molecular complexity index is 877. The quantitative estimate of drug-likeness (QED) is 0.525. The summed E-state index contributed by atoms with van der Waals surface area (Å²) in [7, 11) is 0. The van der Waals surface area contributed by atoms with Crippen molar-refractivity contribution in [3.63, 3.8) is 0 Å². The summed E-state index contributed by atoms with van der Waals surface area (Å²) >= 11 is 6.16. The highest BCUT2D eigenvalue weighted by molar-refractivity contribution is 6.31. The van der Waals surface area contributed by atoms with E-state index < -0.39 is 0 Å². The molecule has 6 nitrogen and oxygen atoms in total. The van der Waals surface area contributed by atoms with Gasteiger partial charge < -0.3 is 18.9 Å². The summed E-state index contributed by atoms with van der Waals surface area (Å²) in [5, 5.41) is 1.54. The van der Waals surface area contributed by atoms with Gasteiger partial charge in [0.2, 0.25) is 11.5 Å². The zero-order valence-corrected chi connectivity index (χ0v) is 16.1. The smallest absolute Gasteiger partial charge is 0.311 e. The molecule has 0 atom stereocenters. The van der Waals surface area contributed by atoms with Gasteiger partial charge in [0.1, 0.15) is 13.2 Å². The fraction of sp³-hybridized carbons (Fsp3) is 0.400. The molecule has 27 heavy (non-hydrogen) atoms. The van der Waals surface area contributed by atoms with Crippen molar-refractivity contribution in [2.75, 3.05) is 13.2 Å². The van der Waals surface area contributed by atoms with Crippen LogP contribution in [0, 0.1) is 0 Å². The average molecular weight is 393 g/mol. The van der Waals surface area contributed by atoms with Crippen molar-refractivity contribution >= 4 is 34.3 Å². The number of carbonyl (C=O) groups excluding carboxylic acids is 2. The highest BCUT2D eigenvalue weighted by atomic mass is 35.5. The molecule has 1 aliphatic rings. The zero-order valence-electron chi connectivity index (χ0n) is 15.3. The molecule has 3 rings (SSSR count). The van der Waals surface area contributed by atoms with Gasteiger partial charge in [0.25, 0.3) is 0 Å². The summed E-state index contributed by atoms with van der Waals surface area (Å²) < 4.78 is 22.6. The van der Waals surface area contributed by atoms with Crippen molar-refractivity contribution in [3.05, 3.63) is 23.2 Å². The second-order valence-corrected chi connectivity index (χ2v) is 6.59. The molecule has 0 unspecified atom stereocenters. The molecule has 144 valence electrons. The third-order valence-electron chi connectivity index (χ3n) is 4.01. The molecule has 0 aliphatic carbocycles. The normalized spacial score (nSPS) is 12.7. The number of fused-ring (bicyclic) bond motifs is 2. The Hall–Kier alpha value is -2.47. The number of benzene rings is 2. The first-order valence-electron chi connectivity index (χ1n) is 9.01. The van der Waals surface area contributed by atoms with Gasteiger partial charge in [-0.2, -0.15) is 0 Å². The van der Waals surface area contributed by atoms with Gasteiger partial charge in [0.15, 0.2) is 11.5 Å². The van der Waals surface area contributed by atoms with E-state index in [1.54, 1.807) is 18.2 Å². The van der Waals surface area contributed by atoms with Gasteiger partial charge in [-0.15, -0.1) is 0 Å². The predicted molar refractivity (Wildman–Crippen MR) is 101 cm³/mol. The van der Waals surface area contributed by atoms with Crippen LogP contribution in [0.4, 0.5) is 0 Å². The first-order chi connectivity index (χ1) is 13.0. The lowest BCUT2D eigenvalue weighted by atomic mass is 10.1. The van der Waals surface area contributed by atoms with Crippen LogP contribution in [0.1, 0.15) is 39.5 Å². The molecule has 0 N–H and O–H groups in total. The highest BCUT2D eigenvalue weighted by Gasteiger charge is 2.29. The summed E-state index contributed by atoms with van der Waals surface area (Å²) in [5.74, 6) is 0.243. The van der Waals surface area contributed by atoms with Crippen molar-refractivity contribution in [2.24, 2.45) is 0 Å². The minimum absolute atomic E-state index is 0.232. The molecular weight excluding hydrogens is 372 g/mol. The number of hydrogen-bond donors (Lipinski definition) is 0. The van der Waals surface area contributed by atoms with Gasteiger partial charge in [-0.25, -0.2) is 0 Å². The number of hydrogen-bond acceptors (Lipinski definition) is 6. The number of carbonyl (C=O) groups is 2. The average Bonchev–Trinajstić information content (AvgIpc) is 2.64. The molecular formula is C20H21ClO6. The van der Waals surface area contributed by atoms with E-state index in [4.69, 9.17) is 30.5 Å².